The summed E-state index contributed by atoms with van der Waals surface area (Å²) in [5, 5.41) is 0. The minimum Gasteiger partial charge on any atom is -0.494 e. The topological polar surface area (TPSA) is 35.2 Å². The van der Waals surface area contributed by atoms with E-state index >= 15 is 0 Å². The molecule has 0 heterocycles. The van der Waals surface area contributed by atoms with Crippen molar-refractivity contribution in [3.05, 3.63) is 64.7 Å². The Morgan fingerprint density at radius 2 is 1.77 bits per heavy atom. The zero-order chi connectivity index (χ0) is 15.9. The van der Waals surface area contributed by atoms with Crippen LogP contribution in [0.3, 0.4) is 0 Å². The highest BCUT2D eigenvalue weighted by Crippen LogP contribution is 2.25. The van der Waals surface area contributed by atoms with Crippen molar-refractivity contribution in [1.82, 2.24) is 0 Å². The smallest absolute Gasteiger partial charge is 0.119 e. The van der Waals surface area contributed by atoms with Gasteiger partial charge in [-0.25, -0.2) is 0 Å². The van der Waals surface area contributed by atoms with Crippen LogP contribution in [0.25, 0.3) is 0 Å². The average Bonchev–Trinajstić information content (AvgIpc) is 2.52. The molecule has 118 valence electrons. The molecule has 1 unspecified atom stereocenters. The third-order valence-corrected chi connectivity index (χ3v) is 4.03. The van der Waals surface area contributed by atoms with Crippen molar-refractivity contribution in [2.45, 2.75) is 39.5 Å². The van der Waals surface area contributed by atoms with Crippen LogP contribution in [0.1, 0.15) is 41.5 Å². The highest BCUT2D eigenvalue weighted by molar-refractivity contribution is 5.35. The average molecular weight is 297 g/mol. The maximum atomic E-state index is 6.03. The van der Waals surface area contributed by atoms with Crippen LogP contribution < -0.4 is 10.5 Å². The van der Waals surface area contributed by atoms with Crippen molar-refractivity contribution >= 4 is 0 Å². The lowest BCUT2D eigenvalue weighted by Gasteiger charge is -2.18. The van der Waals surface area contributed by atoms with Crippen LogP contribution in [0.15, 0.2) is 42.5 Å². The van der Waals surface area contributed by atoms with Gasteiger partial charge in [0.1, 0.15) is 5.75 Å². The lowest BCUT2D eigenvalue weighted by atomic mass is 9.88. The highest BCUT2D eigenvalue weighted by atomic mass is 16.5. The van der Waals surface area contributed by atoms with Crippen molar-refractivity contribution < 1.29 is 4.74 Å². The first-order valence-corrected chi connectivity index (χ1v) is 8.13. The molecule has 0 aliphatic heterocycles. The zero-order valence-corrected chi connectivity index (χ0v) is 13.9. The van der Waals surface area contributed by atoms with Crippen LogP contribution in [0.5, 0.6) is 5.75 Å². The van der Waals surface area contributed by atoms with Crippen LogP contribution in [0, 0.1) is 13.8 Å². The standard InChI is InChI=1S/C20H27NO/c1-4-11-22-19-8-6-17(7-9-19)13-18(14-21)20-10-5-15(2)12-16(20)3/h5-10,12,18H,4,11,13-14,21H2,1-3H3. The Balaban J connectivity index is 2.09. The van der Waals surface area contributed by atoms with E-state index in [1.165, 1.54) is 22.3 Å². The second-order valence-corrected chi connectivity index (χ2v) is 5.99. The maximum Gasteiger partial charge on any atom is 0.119 e. The third kappa shape index (κ3) is 4.35. The van der Waals surface area contributed by atoms with Crippen LogP contribution in [-0.2, 0) is 6.42 Å². The van der Waals surface area contributed by atoms with Gasteiger partial charge in [-0.05, 0) is 62.1 Å². The first-order chi connectivity index (χ1) is 10.6. The monoisotopic (exact) mass is 297 g/mol. The highest BCUT2D eigenvalue weighted by Gasteiger charge is 2.13. The molecule has 0 bridgehead atoms. The molecule has 0 aromatic heterocycles. The van der Waals surface area contributed by atoms with E-state index in [0.717, 1.165) is 25.2 Å². The molecule has 2 aromatic carbocycles. The summed E-state index contributed by atoms with van der Waals surface area (Å²) in [7, 11) is 0. The van der Waals surface area contributed by atoms with Crippen molar-refractivity contribution in [1.29, 1.82) is 0 Å². The van der Waals surface area contributed by atoms with Gasteiger partial charge in [0.25, 0.3) is 0 Å². The number of ether oxygens (including phenoxy) is 1. The van der Waals surface area contributed by atoms with Crippen LogP contribution >= 0.6 is 0 Å². The largest absolute Gasteiger partial charge is 0.494 e. The number of nitrogens with two attached hydrogens (primary N) is 1. The molecule has 2 N–H and O–H groups in total. The number of hydrogen-bond acceptors (Lipinski definition) is 2. The molecule has 0 radical (unpaired) electrons. The van der Waals surface area contributed by atoms with E-state index < -0.39 is 0 Å². The molecule has 0 aliphatic carbocycles. The van der Waals surface area contributed by atoms with Crippen molar-refractivity contribution in [2.24, 2.45) is 5.73 Å². The van der Waals surface area contributed by atoms with Gasteiger partial charge in [-0.3, -0.25) is 0 Å². The van der Waals surface area contributed by atoms with E-state index in [2.05, 4.69) is 63.2 Å². The van der Waals surface area contributed by atoms with E-state index in [4.69, 9.17) is 10.5 Å². The molecular weight excluding hydrogens is 270 g/mol. The number of aryl methyl sites for hydroxylation is 2. The Hall–Kier alpha value is -1.80. The molecule has 1 atom stereocenters. The minimum absolute atomic E-state index is 0.364. The normalized spacial score (nSPS) is 12.2. The molecule has 0 amide bonds. The number of hydrogen-bond donors (Lipinski definition) is 1. The molecule has 0 saturated carbocycles. The molecule has 0 saturated heterocycles. The molecule has 2 heteroatoms. The van der Waals surface area contributed by atoms with Crippen molar-refractivity contribution in [2.75, 3.05) is 13.2 Å². The van der Waals surface area contributed by atoms with Crippen molar-refractivity contribution in [3.63, 3.8) is 0 Å². The molecule has 2 rings (SSSR count). The van der Waals surface area contributed by atoms with Gasteiger partial charge in [0, 0.05) is 5.92 Å². The Labute approximate surface area is 134 Å². The first kappa shape index (κ1) is 16.6. The second kappa shape index (κ2) is 8.00. The fourth-order valence-corrected chi connectivity index (χ4v) is 2.83. The second-order valence-electron chi connectivity index (χ2n) is 5.99. The zero-order valence-electron chi connectivity index (χ0n) is 13.9. The third-order valence-electron chi connectivity index (χ3n) is 4.03. The van der Waals surface area contributed by atoms with E-state index in [-0.39, 0.29) is 0 Å². The maximum absolute atomic E-state index is 6.03. The van der Waals surface area contributed by atoms with Gasteiger partial charge in [0.05, 0.1) is 6.61 Å². The van der Waals surface area contributed by atoms with E-state index in [0.29, 0.717) is 12.5 Å². The molecular formula is C20H27NO. The summed E-state index contributed by atoms with van der Waals surface area (Å²) >= 11 is 0. The number of benzene rings is 2. The lowest BCUT2D eigenvalue weighted by molar-refractivity contribution is 0.317. The van der Waals surface area contributed by atoms with Gasteiger partial charge in [-0.15, -0.1) is 0 Å². The van der Waals surface area contributed by atoms with E-state index in [1.54, 1.807) is 0 Å². The summed E-state index contributed by atoms with van der Waals surface area (Å²) in [6.07, 6.45) is 2.00. The number of rotatable bonds is 7. The van der Waals surface area contributed by atoms with Gasteiger partial charge >= 0.3 is 0 Å². The minimum atomic E-state index is 0.364. The first-order valence-electron chi connectivity index (χ1n) is 8.13. The summed E-state index contributed by atoms with van der Waals surface area (Å²) in [6, 6.07) is 15.0. The Bertz CT molecular complexity index is 589. The van der Waals surface area contributed by atoms with Gasteiger partial charge in [-0.2, -0.15) is 0 Å². The van der Waals surface area contributed by atoms with E-state index in [1.807, 2.05) is 0 Å². The molecule has 0 spiro atoms. The molecule has 0 fully saturated rings. The fourth-order valence-electron chi connectivity index (χ4n) is 2.83. The summed E-state index contributed by atoms with van der Waals surface area (Å²) < 4.78 is 5.63. The summed E-state index contributed by atoms with van der Waals surface area (Å²) in [5.41, 5.74) is 11.3. The van der Waals surface area contributed by atoms with Gasteiger partial charge in [0.2, 0.25) is 0 Å². The Morgan fingerprint density at radius 1 is 1.05 bits per heavy atom. The van der Waals surface area contributed by atoms with Crippen LogP contribution in [0.2, 0.25) is 0 Å². The summed E-state index contributed by atoms with van der Waals surface area (Å²) in [6.45, 7) is 7.85. The molecule has 2 nitrogen and oxygen atoms in total. The van der Waals surface area contributed by atoms with Gasteiger partial charge < -0.3 is 10.5 Å². The molecule has 22 heavy (non-hydrogen) atoms. The van der Waals surface area contributed by atoms with Crippen molar-refractivity contribution in [3.8, 4) is 5.75 Å². The Kier molecular flexibility index (Phi) is 6.02. The Morgan fingerprint density at radius 3 is 2.36 bits per heavy atom. The molecule has 2 aromatic rings. The van der Waals surface area contributed by atoms with Gasteiger partial charge in [0.15, 0.2) is 0 Å². The summed E-state index contributed by atoms with van der Waals surface area (Å²) in [5.74, 6) is 1.31. The summed E-state index contributed by atoms with van der Waals surface area (Å²) in [4.78, 5) is 0. The van der Waals surface area contributed by atoms with Crippen LogP contribution in [0.4, 0.5) is 0 Å². The quantitative estimate of drug-likeness (QED) is 0.823. The fraction of sp³-hybridized carbons (Fsp3) is 0.400. The SMILES string of the molecule is CCCOc1ccc(CC(CN)c2ccc(C)cc2C)cc1. The predicted octanol–water partition coefficient (Wildman–Crippen LogP) is 4.38. The van der Waals surface area contributed by atoms with Gasteiger partial charge in [-0.1, -0.05) is 42.8 Å². The molecule has 0 aliphatic rings. The van der Waals surface area contributed by atoms with Crippen LogP contribution in [-0.4, -0.2) is 13.2 Å². The van der Waals surface area contributed by atoms with E-state index in [9.17, 15) is 0 Å². The lowest BCUT2D eigenvalue weighted by Crippen LogP contribution is -2.16. The predicted molar refractivity (Wildman–Crippen MR) is 93.6 cm³/mol.